The minimum atomic E-state index is 0.824. The molecular formula is C5H12N2. The Morgan fingerprint density at radius 2 is 2.43 bits per heavy atom. The molecule has 0 aliphatic carbocycles. The minimum absolute atomic E-state index is 0.824. The van der Waals surface area contributed by atoms with Crippen LogP contribution in [0.2, 0.25) is 0 Å². The smallest absolute Gasteiger partial charge is 0.0154 e. The summed E-state index contributed by atoms with van der Waals surface area (Å²) >= 11 is 0. The Bertz CT molecular complexity index is 55.1. The Labute approximate surface area is 44.3 Å². The van der Waals surface area contributed by atoms with E-state index in [2.05, 4.69) is 6.92 Å². The van der Waals surface area contributed by atoms with Crippen molar-refractivity contribution < 1.29 is 0 Å². The van der Waals surface area contributed by atoms with Crippen molar-refractivity contribution in [2.45, 2.75) is 13.3 Å². The standard InChI is InChI=1S/C5H12N2/c1-5-2-3-7(6)4-5/h5H,2-4,6H2,1H3/t5-/m1/s1. The van der Waals surface area contributed by atoms with Gasteiger partial charge in [-0.25, -0.2) is 5.01 Å². The molecule has 0 spiro atoms. The van der Waals surface area contributed by atoms with Crippen LogP contribution < -0.4 is 5.84 Å². The van der Waals surface area contributed by atoms with Crippen molar-refractivity contribution in [2.24, 2.45) is 11.8 Å². The van der Waals surface area contributed by atoms with Gasteiger partial charge in [-0.3, -0.25) is 5.84 Å². The van der Waals surface area contributed by atoms with Crippen molar-refractivity contribution in [3.63, 3.8) is 0 Å². The molecule has 2 heteroatoms. The van der Waals surface area contributed by atoms with Gasteiger partial charge in [-0.2, -0.15) is 0 Å². The lowest BCUT2D eigenvalue weighted by molar-refractivity contribution is 0.342. The fraction of sp³-hybridized carbons (Fsp3) is 1.00. The molecule has 2 nitrogen and oxygen atoms in total. The average molecular weight is 100 g/mol. The van der Waals surface area contributed by atoms with Crippen LogP contribution in [0.3, 0.4) is 0 Å². The van der Waals surface area contributed by atoms with Crippen molar-refractivity contribution in [1.29, 1.82) is 0 Å². The fourth-order valence-corrected chi connectivity index (χ4v) is 0.969. The summed E-state index contributed by atoms with van der Waals surface area (Å²) in [6.45, 7) is 4.40. The molecule has 1 saturated heterocycles. The van der Waals surface area contributed by atoms with Gasteiger partial charge in [-0.05, 0) is 12.3 Å². The largest absolute Gasteiger partial charge is 0.269 e. The normalized spacial score (nSPS) is 34.3. The first-order chi connectivity index (χ1) is 3.29. The summed E-state index contributed by atoms with van der Waals surface area (Å²) in [5, 5.41) is 1.88. The molecule has 0 saturated carbocycles. The van der Waals surface area contributed by atoms with Gasteiger partial charge >= 0.3 is 0 Å². The molecule has 0 bridgehead atoms. The monoisotopic (exact) mass is 100 g/mol. The molecule has 1 aliphatic rings. The second-order valence-corrected chi connectivity index (χ2v) is 2.39. The highest BCUT2D eigenvalue weighted by molar-refractivity contribution is 4.66. The highest BCUT2D eigenvalue weighted by atomic mass is 15.4. The zero-order valence-electron chi connectivity index (χ0n) is 4.72. The van der Waals surface area contributed by atoms with E-state index in [4.69, 9.17) is 5.84 Å². The van der Waals surface area contributed by atoms with E-state index in [1.54, 1.807) is 0 Å². The second kappa shape index (κ2) is 1.80. The summed E-state index contributed by atoms with van der Waals surface area (Å²) in [5.74, 6) is 6.28. The van der Waals surface area contributed by atoms with Crippen LogP contribution in [-0.2, 0) is 0 Å². The van der Waals surface area contributed by atoms with E-state index in [0.717, 1.165) is 19.0 Å². The fourth-order valence-electron chi connectivity index (χ4n) is 0.969. The minimum Gasteiger partial charge on any atom is -0.269 e. The first kappa shape index (κ1) is 5.06. The van der Waals surface area contributed by atoms with Crippen molar-refractivity contribution in [1.82, 2.24) is 5.01 Å². The topological polar surface area (TPSA) is 29.3 Å². The molecule has 7 heavy (non-hydrogen) atoms. The van der Waals surface area contributed by atoms with Crippen molar-refractivity contribution in [2.75, 3.05) is 13.1 Å². The van der Waals surface area contributed by atoms with Gasteiger partial charge in [0, 0.05) is 13.1 Å². The summed E-state index contributed by atoms with van der Waals surface area (Å²) in [5.41, 5.74) is 0. The highest BCUT2D eigenvalue weighted by Gasteiger charge is 2.13. The van der Waals surface area contributed by atoms with E-state index in [-0.39, 0.29) is 0 Å². The van der Waals surface area contributed by atoms with Crippen LogP contribution in [0.4, 0.5) is 0 Å². The summed E-state index contributed by atoms with van der Waals surface area (Å²) < 4.78 is 0. The Kier molecular flexibility index (Phi) is 1.30. The molecule has 1 fully saturated rings. The van der Waals surface area contributed by atoms with E-state index >= 15 is 0 Å². The van der Waals surface area contributed by atoms with Gasteiger partial charge in [-0.1, -0.05) is 6.92 Å². The van der Waals surface area contributed by atoms with Gasteiger partial charge in [0.2, 0.25) is 0 Å². The van der Waals surface area contributed by atoms with Crippen molar-refractivity contribution in [3.8, 4) is 0 Å². The van der Waals surface area contributed by atoms with Crippen LogP contribution in [-0.4, -0.2) is 18.1 Å². The first-order valence-corrected chi connectivity index (χ1v) is 2.78. The third kappa shape index (κ3) is 1.14. The molecule has 0 amide bonds. The maximum Gasteiger partial charge on any atom is 0.0154 e. The van der Waals surface area contributed by atoms with Gasteiger partial charge in [0.1, 0.15) is 0 Å². The molecule has 1 heterocycles. The van der Waals surface area contributed by atoms with Crippen LogP contribution in [0, 0.1) is 5.92 Å². The van der Waals surface area contributed by atoms with Crippen LogP contribution in [0.5, 0.6) is 0 Å². The molecule has 1 aliphatic heterocycles. The molecule has 0 unspecified atom stereocenters. The molecule has 0 aromatic heterocycles. The molecule has 0 aromatic carbocycles. The van der Waals surface area contributed by atoms with Gasteiger partial charge in [0.15, 0.2) is 0 Å². The number of rotatable bonds is 0. The summed E-state index contributed by atoms with van der Waals surface area (Å²) in [7, 11) is 0. The van der Waals surface area contributed by atoms with E-state index < -0.39 is 0 Å². The lowest BCUT2D eigenvalue weighted by Crippen LogP contribution is -2.27. The third-order valence-corrected chi connectivity index (χ3v) is 1.46. The van der Waals surface area contributed by atoms with Gasteiger partial charge < -0.3 is 0 Å². The highest BCUT2D eigenvalue weighted by Crippen LogP contribution is 2.09. The lowest BCUT2D eigenvalue weighted by atomic mass is 10.2. The Balaban J connectivity index is 2.26. The van der Waals surface area contributed by atoms with Gasteiger partial charge in [0.05, 0.1) is 0 Å². The van der Waals surface area contributed by atoms with Crippen LogP contribution in [0.15, 0.2) is 0 Å². The quantitative estimate of drug-likeness (QED) is 0.441. The predicted octanol–water partition coefficient (Wildman–Crippen LogP) is 0.202. The Morgan fingerprint density at radius 3 is 2.57 bits per heavy atom. The zero-order chi connectivity index (χ0) is 5.28. The van der Waals surface area contributed by atoms with Crippen molar-refractivity contribution in [3.05, 3.63) is 0 Å². The average Bonchev–Trinajstić information content (AvgIpc) is 1.87. The van der Waals surface area contributed by atoms with E-state index in [1.807, 2.05) is 5.01 Å². The first-order valence-electron chi connectivity index (χ1n) is 2.78. The summed E-state index contributed by atoms with van der Waals surface area (Å²) in [4.78, 5) is 0. The maximum atomic E-state index is 5.46. The van der Waals surface area contributed by atoms with Crippen LogP contribution >= 0.6 is 0 Å². The Morgan fingerprint density at radius 1 is 1.71 bits per heavy atom. The third-order valence-electron chi connectivity index (χ3n) is 1.46. The lowest BCUT2D eigenvalue weighted by Gasteiger charge is -2.03. The van der Waals surface area contributed by atoms with E-state index in [0.29, 0.717) is 0 Å². The molecule has 2 N–H and O–H groups in total. The van der Waals surface area contributed by atoms with Crippen LogP contribution in [0.25, 0.3) is 0 Å². The number of nitrogens with zero attached hydrogens (tertiary/aromatic N) is 1. The Hall–Kier alpha value is -0.0800. The molecule has 0 aromatic rings. The molecular weight excluding hydrogens is 88.1 g/mol. The number of hydrazine groups is 1. The second-order valence-electron chi connectivity index (χ2n) is 2.39. The molecule has 42 valence electrons. The van der Waals surface area contributed by atoms with E-state index in [1.165, 1.54) is 6.42 Å². The molecule has 0 radical (unpaired) electrons. The number of nitrogens with two attached hydrogens (primary N) is 1. The van der Waals surface area contributed by atoms with E-state index in [9.17, 15) is 0 Å². The van der Waals surface area contributed by atoms with Gasteiger partial charge in [0.25, 0.3) is 0 Å². The number of hydrogen-bond acceptors (Lipinski definition) is 2. The summed E-state index contributed by atoms with van der Waals surface area (Å²) in [6, 6.07) is 0. The number of hydrogen-bond donors (Lipinski definition) is 1. The van der Waals surface area contributed by atoms with Crippen molar-refractivity contribution >= 4 is 0 Å². The van der Waals surface area contributed by atoms with Crippen LogP contribution in [0.1, 0.15) is 13.3 Å². The SMILES string of the molecule is C[C@@H]1CCN(N)C1. The molecule has 1 atom stereocenters. The van der Waals surface area contributed by atoms with Gasteiger partial charge in [-0.15, -0.1) is 0 Å². The predicted molar refractivity (Wildman–Crippen MR) is 29.5 cm³/mol. The maximum absolute atomic E-state index is 5.46. The summed E-state index contributed by atoms with van der Waals surface area (Å²) in [6.07, 6.45) is 1.27. The zero-order valence-corrected chi connectivity index (χ0v) is 4.72. The molecule has 1 rings (SSSR count).